The van der Waals surface area contributed by atoms with Crippen molar-refractivity contribution in [2.24, 2.45) is 0 Å². The lowest BCUT2D eigenvalue weighted by Crippen LogP contribution is -1.99. The normalized spacial score (nSPS) is 10.9. The molecule has 0 atom stereocenters. The lowest BCUT2D eigenvalue weighted by molar-refractivity contribution is -0.136. The molecule has 0 unspecified atom stereocenters. The zero-order valence-electron chi connectivity index (χ0n) is 8.77. The molecule has 5 heteroatoms. The molecular formula is C11H11ClN2O2. The molecule has 2 rings (SSSR count). The third-order valence-corrected chi connectivity index (χ3v) is 2.75. The number of imidazole rings is 1. The van der Waals surface area contributed by atoms with Crippen LogP contribution in [0.2, 0.25) is 5.15 Å². The Morgan fingerprint density at radius 1 is 1.62 bits per heavy atom. The molecule has 4 nitrogen and oxygen atoms in total. The van der Waals surface area contributed by atoms with E-state index in [0.717, 1.165) is 16.9 Å². The SMILES string of the molecule is Cc1nc(Cl)c2c(CCC(=O)O)cccn12. The summed E-state index contributed by atoms with van der Waals surface area (Å²) in [5.74, 6) is -0.00784. The molecule has 0 amide bonds. The summed E-state index contributed by atoms with van der Waals surface area (Å²) in [6, 6.07) is 3.75. The number of hydrogen-bond donors (Lipinski definition) is 1. The number of aromatic nitrogens is 2. The van der Waals surface area contributed by atoms with E-state index in [1.165, 1.54) is 0 Å². The number of nitrogens with zero attached hydrogens (tertiary/aromatic N) is 2. The molecule has 0 saturated carbocycles. The Labute approximate surface area is 97.5 Å². The number of pyridine rings is 1. The van der Waals surface area contributed by atoms with Crippen LogP contribution in [0, 0.1) is 6.92 Å². The van der Waals surface area contributed by atoms with E-state index in [4.69, 9.17) is 16.7 Å². The van der Waals surface area contributed by atoms with Crippen molar-refractivity contribution in [2.45, 2.75) is 19.8 Å². The lowest BCUT2D eigenvalue weighted by Gasteiger charge is -2.03. The first-order valence-corrected chi connectivity index (χ1v) is 5.31. The largest absolute Gasteiger partial charge is 0.481 e. The number of fused-ring (bicyclic) bond motifs is 1. The molecule has 0 fully saturated rings. The van der Waals surface area contributed by atoms with E-state index >= 15 is 0 Å². The van der Waals surface area contributed by atoms with Crippen LogP contribution in [0.25, 0.3) is 5.52 Å². The molecule has 0 bridgehead atoms. The number of halogens is 1. The zero-order valence-corrected chi connectivity index (χ0v) is 9.53. The summed E-state index contributed by atoms with van der Waals surface area (Å²) < 4.78 is 1.87. The Balaban J connectivity index is 2.48. The van der Waals surface area contributed by atoms with E-state index < -0.39 is 5.97 Å². The van der Waals surface area contributed by atoms with Crippen LogP contribution >= 0.6 is 11.6 Å². The van der Waals surface area contributed by atoms with Crippen molar-refractivity contribution < 1.29 is 9.90 Å². The molecular weight excluding hydrogens is 228 g/mol. The highest BCUT2D eigenvalue weighted by Crippen LogP contribution is 2.22. The van der Waals surface area contributed by atoms with Crippen LogP contribution in [0.3, 0.4) is 0 Å². The van der Waals surface area contributed by atoms with Gasteiger partial charge in [-0.15, -0.1) is 0 Å². The number of carboxylic acid groups (broad SMARTS) is 1. The van der Waals surface area contributed by atoms with E-state index in [1.807, 2.05) is 29.7 Å². The number of aliphatic carboxylic acids is 1. The first-order valence-electron chi connectivity index (χ1n) is 4.93. The van der Waals surface area contributed by atoms with Crippen molar-refractivity contribution in [2.75, 3.05) is 0 Å². The zero-order chi connectivity index (χ0) is 11.7. The van der Waals surface area contributed by atoms with Crippen molar-refractivity contribution in [3.05, 3.63) is 34.9 Å². The van der Waals surface area contributed by atoms with Crippen LogP contribution < -0.4 is 0 Å². The van der Waals surface area contributed by atoms with Gasteiger partial charge in [0.25, 0.3) is 0 Å². The first-order chi connectivity index (χ1) is 7.59. The third kappa shape index (κ3) is 1.88. The Bertz CT molecular complexity index is 548. The highest BCUT2D eigenvalue weighted by molar-refractivity contribution is 6.32. The van der Waals surface area contributed by atoms with Crippen molar-refractivity contribution in [1.29, 1.82) is 0 Å². The molecule has 0 spiro atoms. The van der Waals surface area contributed by atoms with Crippen LogP contribution in [0.1, 0.15) is 17.8 Å². The predicted molar refractivity (Wildman–Crippen MR) is 60.9 cm³/mol. The minimum Gasteiger partial charge on any atom is -0.481 e. The topological polar surface area (TPSA) is 54.6 Å². The van der Waals surface area contributed by atoms with Gasteiger partial charge in [-0.05, 0) is 25.0 Å². The number of hydrogen-bond acceptors (Lipinski definition) is 2. The maximum atomic E-state index is 10.5. The lowest BCUT2D eigenvalue weighted by atomic mass is 10.1. The second-order valence-electron chi connectivity index (χ2n) is 3.60. The standard InChI is InChI=1S/C11H11ClN2O2/c1-7-13-11(12)10-8(4-5-9(15)16)3-2-6-14(7)10/h2-3,6H,4-5H2,1H3,(H,15,16). The monoisotopic (exact) mass is 238 g/mol. The van der Waals surface area contributed by atoms with Gasteiger partial charge < -0.3 is 9.51 Å². The minimum atomic E-state index is -0.811. The van der Waals surface area contributed by atoms with E-state index in [0.29, 0.717) is 11.6 Å². The van der Waals surface area contributed by atoms with Gasteiger partial charge in [0.1, 0.15) is 5.82 Å². The average Bonchev–Trinajstić information content (AvgIpc) is 2.52. The molecule has 0 aliphatic rings. The van der Waals surface area contributed by atoms with E-state index in [2.05, 4.69) is 4.98 Å². The number of carbonyl (C=O) groups is 1. The number of carboxylic acids is 1. The summed E-state index contributed by atoms with van der Waals surface area (Å²) in [4.78, 5) is 14.7. The second kappa shape index (κ2) is 4.14. The van der Waals surface area contributed by atoms with Crippen LogP contribution in [0.5, 0.6) is 0 Å². The van der Waals surface area contributed by atoms with Crippen molar-refractivity contribution in [3.8, 4) is 0 Å². The van der Waals surface area contributed by atoms with E-state index in [1.54, 1.807) is 0 Å². The van der Waals surface area contributed by atoms with Crippen LogP contribution in [0.4, 0.5) is 0 Å². The molecule has 2 aromatic heterocycles. The van der Waals surface area contributed by atoms with Gasteiger partial charge in [0.2, 0.25) is 0 Å². The van der Waals surface area contributed by atoms with Crippen LogP contribution in [0.15, 0.2) is 18.3 Å². The molecule has 0 aromatic carbocycles. The van der Waals surface area contributed by atoms with Gasteiger partial charge in [-0.1, -0.05) is 17.7 Å². The highest BCUT2D eigenvalue weighted by Gasteiger charge is 2.11. The highest BCUT2D eigenvalue weighted by atomic mass is 35.5. The van der Waals surface area contributed by atoms with E-state index in [9.17, 15) is 4.79 Å². The minimum absolute atomic E-state index is 0.0975. The molecule has 0 aliphatic heterocycles. The Kier molecular flexibility index (Phi) is 2.83. The quantitative estimate of drug-likeness (QED) is 0.893. The van der Waals surface area contributed by atoms with Crippen molar-refractivity contribution in [3.63, 3.8) is 0 Å². The predicted octanol–water partition coefficient (Wildman–Crippen LogP) is 2.31. The van der Waals surface area contributed by atoms with Crippen LogP contribution in [-0.4, -0.2) is 20.5 Å². The summed E-state index contributed by atoms with van der Waals surface area (Å²) in [7, 11) is 0. The Morgan fingerprint density at radius 2 is 2.38 bits per heavy atom. The molecule has 0 radical (unpaired) electrons. The molecule has 2 aromatic rings. The maximum Gasteiger partial charge on any atom is 0.303 e. The average molecular weight is 239 g/mol. The fourth-order valence-electron chi connectivity index (χ4n) is 1.75. The van der Waals surface area contributed by atoms with Crippen molar-refractivity contribution in [1.82, 2.24) is 9.38 Å². The molecule has 16 heavy (non-hydrogen) atoms. The van der Waals surface area contributed by atoms with Gasteiger partial charge in [-0.25, -0.2) is 4.98 Å². The van der Waals surface area contributed by atoms with Gasteiger partial charge in [-0.2, -0.15) is 0 Å². The third-order valence-electron chi connectivity index (χ3n) is 2.49. The smallest absolute Gasteiger partial charge is 0.303 e. The fraction of sp³-hybridized carbons (Fsp3) is 0.273. The van der Waals surface area contributed by atoms with Gasteiger partial charge in [0.15, 0.2) is 5.15 Å². The van der Waals surface area contributed by atoms with Gasteiger partial charge in [0, 0.05) is 12.6 Å². The summed E-state index contributed by atoms with van der Waals surface area (Å²) in [6.07, 6.45) is 2.43. The van der Waals surface area contributed by atoms with Crippen LogP contribution in [-0.2, 0) is 11.2 Å². The molecule has 1 N–H and O–H groups in total. The number of rotatable bonds is 3. The molecule has 0 saturated heterocycles. The van der Waals surface area contributed by atoms with Gasteiger partial charge in [-0.3, -0.25) is 4.79 Å². The van der Waals surface area contributed by atoms with Crippen molar-refractivity contribution >= 4 is 23.1 Å². The van der Waals surface area contributed by atoms with Gasteiger partial charge >= 0.3 is 5.97 Å². The Morgan fingerprint density at radius 3 is 3.06 bits per heavy atom. The van der Waals surface area contributed by atoms with Gasteiger partial charge in [0.05, 0.1) is 5.52 Å². The second-order valence-corrected chi connectivity index (χ2v) is 3.95. The maximum absolute atomic E-state index is 10.5. The summed E-state index contributed by atoms with van der Waals surface area (Å²) in [5.41, 5.74) is 1.72. The Hall–Kier alpha value is -1.55. The summed E-state index contributed by atoms with van der Waals surface area (Å²) in [5, 5.41) is 9.10. The fourth-order valence-corrected chi connectivity index (χ4v) is 2.08. The van der Waals surface area contributed by atoms with E-state index in [-0.39, 0.29) is 6.42 Å². The molecule has 2 heterocycles. The molecule has 84 valence electrons. The first kappa shape index (κ1) is 11.0. The number of aryl methyl sites for hydroxylation is 2. The summed E-state index contributed by atoms with van der Waals surface area (Å²) >= 11 is 6.02. The summed E-state index contributed by atoms with van der Waals surface area (Å²) in [6.45, 7) is 1.86. The molecule has 0 aliphatic carbocycles.